The van der Waals surface area contributed by atoms with Crippen LogP contribution in [0.15, 0.2) is 143 Å². The lowest BCUT2D eigenvalue weighted by molar-refractivity contribution is 0.836. The molecule has 256 valence electrons. The van der Waals surface area contributed by atoms with Crippen LogP contribution in [0.25, 0.3) is 0 Å². The van der Waals surface area contributed by atoms with E-state index in [1.165, 1.54) is 22.5 Å². The first-order valence-corrected chi connectivity index (χ1v) is 16.4. The molecule has 0 amide bonds. The largest absolute Gasteiger partial charge is 0.383 e. The summed E-state index contributed by atoms with van der Waals surface area (Å²) in [6.45, 7) is 11.1. The standard InChI is InChI=1S/C16H20N2.C15H18N2.C9H13N5/c1-13-7-3-5-9-15(13)17-11-12-18-16-10-6-4-8-14(16)2;1-13(17-15-10-6-3-7-11-15)12-16-14-8-4-2-5-9-14;1-6-4-2-3-5-7(6)13-9(12)14-8(10)11/h3-10,17-18H,11-12H2,1-2H3;2-11,13,16-17H,12H2,1H3;2-5H,1H3,(H6,10,11,12,13,14). The van der Waals surface area contributed by atoms with Gasteiger partial charge in [-0.3, -0.25) is 0 Å². The normalized spacial score (nSPS) is 11.0. The van der Waals surface area contributed by atoms with Crippen molar-refractivity contribution in [2.75, 3.05) is 40.9 Å². The molecule has 0 radical (unpaired) electrons. The second-order valence-corrected chi connectivity index (χ2v) is 11.4. The van der Waals surface area contributed by atoms with Crippen LogP contribution in [0.5, 0.6) is 0 Å². The summed E-state index contributed by atoms with van der Waals surface area (Å²) < 4.78 is 0. The van der Waals surface area contributed by atoms with Gasteiger partial charge in [-0.25, -0.2) is 4.99 Å². The van der Waals surface area contributed by atoms with Gasteiger partial charge in [-0.05, 0) is 86.8 Å². The highest BCUT2D eigenvalue weighted by Gasteiger charge is 2.01. The van der Waals surface area contributed by atoms with E-state index in [9.17, 15) is 0 Å². The van der Waals surface area contributed by atoms with Gasteiger partial charge in [0, 0.05) is 48.4 Å². The van der Waals surface area contributed by atoms with Gasteiger partial charge in [0.05, 0.1) is 5.69 Å². The highest BCUT2D eigenvalue weighted by atomic mass is 15.1. The van der Waals surface area contributed by atoms with Crippen LogP contribution in [0.2, 0.25) is 0 Å². The van der Waals surface area contributed by atoms with Crippen molar-refractivity contribution in [3.05, 3.63) is 150 Å². The van der Waals surface area contributed by atoms with Gasteiger partial charge >= 0.3 is 0 Å². The van der Waals surface area contributed by atoms with Gasteiger partial charge in [0.1, 0.15) is 0 Å². The van der Waals surface area contributed by atoms with Crippen molar-refractivity contribution >= 4 is 40.4 Å². The average molecular weight is 658 g/mol. The molecule has 0 aromatic heterocycles. The third kappa shape index (κ3) is 15.0. The zero-order valence-electron chi connectivity index (χ0n) is 29.0. The summed E-state index contributed by atoms with van der Waals surface area (Å²) in [6.07, 6.45) is 0. The van der Waals surface area contributed by atoms with Crippen LogP contribution in [0.1, 0.15) is 23.6 Å². The van der Waals surface area contributed by atoms with E-state index in [0.717, 1.165) is 42.3 Å². The first-order valence-electron chi connectivity index (χ1n) is 16.4. The van der Waals surface area contributed by atoms with Gasteiger partial charge in [-0.1, -0.05) is 91.0 Å². The summed E-state index contributed by atoms with van der Waals surface area (Å²) in [5, 5.41) is 13.7. The van der Waals surface area contributed by atoms with Gasteiger partial charge in [0.25, 0.3) is 0 Å². The SMILES string of the molecule is CC(CNc1ccccc1)Nc1ccccc1.Cc1ccccc1N=C(N)N=C(N)N.Cc1ccccc1NCCNc1ccccc1C. The Morgan fingerprint density at radius 2 is 1.00 bits per heavy atom. The van der Waals surface area contributed by atoms with Crippen LogP contribution in [0.3, 0.4) is 0 Å². The number of benzene rings is 5. The fraction of sp³-hybridized carbons (Fsp3) is 0.200. The van der Waals surface area contributed by atoms with Crippen LogP contribution in [0, 0.1) is 20.8 Å². The Hall–Kier alpha value is -5.96. The molecule has 0 aliphatic rings. The Morgan fingerprint density at radius 3 is 1.49 bits per heavy atom. The maximum atomic E-state index is 5.48. The number of nitrogens with one attached hydrogen (secondary N) is 4. The number of hydrogen-bond donors (Lipinski definition) is 7. The van der Waals surface area contributed by atoms with Crippen LogP contribution < -0.4 is 38.5 Å². The summed E-state index contributed by atoms with van der Waals surface area (Å²) >= 11 is 0. The predicted molar refractivity (Wildman–Crippen MR) is 212 cm³/mol. The van der Waals surface area contributed by atoms with E-state index in [0.29, 0.717) is 6.04 Å². The summed E-state index contributed by atoms with van der Waals surface area (Å²) in [7, 11) is 0. The average Bonchev–Trinajstić information content (AvgIpc) is 3.09. The lowest BCUT2D eigenvalue weighted by Gasteiger charge is -2.16. The molecular weight excluding hydrogens is 607 g/mol. The second kappa shape index (κ2) is 21.0. The molecule has 10 N–H and O–H groups in total. The molecular formula is C40H51N9. The number of guanidine groups is 2. The maximum absolute atomic E-state index is 5.48. The summed E-state index contributed by atoms with van der Waals surface area (Å²) in [5.41, 5.74) is 24.9. The Kier molecular flexibility index (Phi) is 16.1. The Morgan fingerprint density at radius 1 is 0.551 bits per heavy atom. The molecule has 0 saturated heterocycles. The van der Waals surface area contributed by atoms with Crippen LogP contribution >= 0.6 is 0 Å². The first kappa shape index (κ1) is 37.5. The molecule has 1 unspecified atom stereocenters. The summed E-state index contributed by atoms with van der Waals surface area (Å²) in [5.74, 6) is -0.0425. The van der Waals surface area contributed by atoms with Gasteiger partial charge in [0.2, 0.25) is 5.96 Å². The molecule has 49 heavy (non-hydrogen) atoms. The molecule has 1 atom stereocenters. The molecule has 0 saturated carbocycles. The third-order valence-corrected chi connectivity index (χ3v) is 7.21. The Labute approximate surface area is 291 Å². The number of nitrogens with two attached hydrogens (primary N) is 3. The molecule has 0 bridgehead atoms. The molecule has 0 aliphatic carbocycles. The van der Waals surface area contributed by atoms with Crippen molar-refractivity contribution in [2.45, 2.75) is 33.7 Å². The van der Waals surface area contributed by atoms with E-state index in [1.54, 1.807) is 0 Å². The zero-order chi connectivity index (χ0) is 35.3. The number of hydrogen-bond acceptors (Lipinski definition) is 5. The van der Waals surface area contributed by atoms with Crippen molar-refractivity contribution < 1.29 is 0 Å². The lowest BCUT2D eigenvalue weighted by Crippen LogP contribution is -2.26. The van der Waals surface area contributed by atoms with E-state index in [2.05, 4.69) is 125 Å². The minimum absolute atomic E-state index is 0.0549. The van der Waals surface area contributed by atoms with Crippen LogP contribution in [-0.4, -0.2) is 37.6 Å². The fourth-order valence-corrected chi connectivity index (χ4v) is 4.60. The highest BCUT2D eigenvalue weighted by Crippen LogP contribution is 2.17. The molecule has 0 heterocycles. The van der Waals surface area contributed by atoms with E-state index in [-0.39, 0.29) is 11.9 Å². The van der Waals surface area contributed by atoms with Gasteiger partial charge < -0.3 is 38.5 Å². The van der Waals surface area contributed by atoms with E-state index >= 15 is 0 Å². The molecule has 5 aromatic rings. The molecule has 5 rings (SSSR count). The molecule has 9 heteroatoms. The topological polar surface area (TPSA) is 151 Å². The number of anilines is 4. The number of rotatable bonds is 11. The molecule has 0 spiro atoms. The van der Waals surface area contributed by atoms with Crippen molar-refractivity contribution in [2.24, 2.45) is 27.2 Å². The minimum Gasteiger partial charge on any atom is -0.383 e. The van der Waals surface area contributed by atoms with E-state index in [1.807, 2.05) is 67.6 Å². The molecule has 5 aromatic carbocycles. The van der Waals surface area contributed by atoms with Crippen molar-refractivity contribution in [3.8, 4) is 0 Å². The number of aryl methyl sites for hydroxylation is 3. The Balaban J connectivity index is 0.000000201. The third-order valence-electron chi connectivity index (χ3n) is 7.21. The van der Waals surface area contributed by atoms with Crippen molar-refractivity contribution in [1.82, 2.24) is 0 Å². The molecule has 9 nitrogen and oxygen atoms in total. The quantitative estimate of drug-likeness (QED) is 0.0438. The smallest absolute Gasteiger partial charge is 0.223 e. The fourth-order valence-electron chi connectivity index (χ4n) is 4.60. The number of para-hydroxylation sites is 5. The Bertz CT molecular complexity index is 1670. The monoisotopic (exact) mass is 657 g/mol. The molecule has 0 fully saturated rings. The summed E-state index contributed by atoms with van der Waals surface area (Å²) in [4.78, 5) is 7.66. The van der Waals surface area contributed by atoms with Crippen LogP contribution in [0.4, 0.5) is 28.4 Å². The van der Waals surface area contributed by atoms with Gasteiger partial charge in [-0.2, -0.15) is 4.99 Å². The number of nitrogens with zero attached hydrogens (tertiary/aromatic N) is 2. The maximum Gasteiger partial charge on any atom is 0.223 e. The molecule has 0 aliphatic heterocycles. The first-order chi connectivity index (χ1) is 23.7. The van der Waals surface area contributed by atoms with E-state index < -0.39 is 0 Å². The summed E-state index contributed by atoms with van der Waals surface area (Å²) in [6, 6.07) is 45.2. The lowest BCUT2D eigenvalue weighted by atomic mass is 10.2. The second-order valence-electron chi connectivity index (χ2n) is 11.4. The number of aliphatic imine (C=N–C) groups is 2. The highest BCUT2D eigenvalue weighted by molar-refractivity contribution is 5.93. The predicted octanol–water partition coefficient (Wildman–Crippen LogP) is 7.64. The minimum atomic E-state index is -0.0974. The van der Waals surface area contributed by atoms with Crippen LogP contribution in [-0.2, 0) is 0 Å². The van der Waals surface area contributed by atoms with Crippen molar-refractivity contribution in [1.29, 1.82) is 0 Å². The van der Waals surface area contributed by atoms with E-state index in [4.69, 9.17) is 17.2 Å². The van der Waals surface area contributed by atoms with Gasteiger partial charge in [0.15, 0.2) is 5.96 Å². The van der Waals surface area contributed by atoms with Crippen molar-refractivity contribution in [3.63, 3.8) is 0 Å². The zero-order valence-corrected chi connectivity index (χ0v) is 29.0. The van der Waals surface area contributed by atoms with Gasteiger partial charge in [-0.15, -0.1) is 0 Å².